The monoisotopic (exact) mass is 489 g/mol. The number of aromatic nitrogens is 3. The van der Waals surface area contributed by atoms with E-state index in [4.69, 9.17) is 4.52 Å². The Balaban J connectivity index is 1.20. The van der Waals surface area contributed by atoms with Crippen LogP contribution in [0.3, 0.4) is 0 Å². The van der Waals surface area contributed by atoms with Crippen LogP contribution in [0.25, 0.3) is 11.5 Å². The Bertz CT molecular complexity index is 1240. The Morgan fingerprint density at radius 2 is 1.53 bits per heavy atom. The Morgan fingerprint density at radius 1 is 0.889 bits per heavy atom. The summed E-state index contributed by atoms with van der Waals surface area (Å²) in [5.74, 6) is 0.211. The fourth-order valence-corrected chi connectivity index (χ4v) is 4.46. The molecular weight excluding hydrogens is 464 g/mol. The third kappa shape index (κ3) is 5.46. The number of carbonyl (C=O) groups is 1. The van der Waals surface area contributed by atoms with E-state index in [0.29, 0.717) is 50.0 Å². The zero-order chi connectivity index (χ0) is 24.9. The summed E-state index contributed by atoms with van der Waals surface area (Å²) in [4.78, 5) is 25.5. The number of piperazine rings is 1. The van der Waals surface area contributed by atoms with Crippen molar-refractivity contribution in [3.63, 3.8) is 0 Å². The van der Waals surface area contributed by atoms with E-state index < -0.39 is 0 Å². The van der Waals surface area contributed by atoms with Gasteiger partial charge in [0.1, 0.15) is 17.3 Å². The minimum absolute atomic E-state index is 0.0207. The second kappa shape index (κ2) is 10.7. The number of benzene rings is 2. The average Bonchev–Trinajstić information content (AvgIpc) is 3.40. The van der Waals surface area contributed by atoms with Crippen molar-refractivity contribution in [3.8, 4) is 11.5 Å². The standard InChI is InChI=1S/C27H25F2N5O2/c28-21-8-4-19(5-9-21)26(20-6-10-22(29)11-7-20)34-17-15-33(16-18-34)25(35)13-12-24-31-27(32-36-24)23-3-1-2-14-30-23/h1-11,14,26H,12-13,15-18H2. The van der Waals surface area contributed by atoms with Gasteiger partial charge in [0.25, 0.3) is 0 Å². The largest absolute Gasteiger partial charge is 0.340 e. The molecule has 4 aromatic rings. The van der Waals surface area contributed by atoms with E-state index in [2.05, 4.69) is 20.0 Å². The van der Waals surface area contributed by atoms with Gasteiger partial charge in [0.15, 0.2) is 0 Å². The number of amides is 1. The SMILES string of the molecule is O=C(CCc1nc(-c2ccccn2)no1)N1CCN(C(c2ccc(F)cc2)c2ccc(F)cc2)CC1. The summed E-state index contributed by atoms with van der Waals surface area (Å²) in [6.45, 7) is 2.38. The van der Waals surface area contributed by atoms with Crippen LogP contribution in [-0.4, -0.2) is 57.0 Å². The van der Waals surface area contributed by atoms with Crippen LogP contribution in [0.1, 0.15) is 29.5 Å². The lowest BCUT2D eigenvalue weighted by Gasteiger charge is -2.39. The maximum atomic E-state index is 13.5. The number of hydrogen-bond donors (Lipinski definition) is 0. The highest BCUT2D eigenvalue weighted by Gasteiger charge is 2.28. The van der Waals surface area contributed by atoms with Crippen LogP contribution >= 0.6 is 0 Å². The summed E-state index contributed by atoms with van der Waals surface area (Å²) in [7, 11) is 0. The second-order valence-corrected chi connectivity index (χ2v) is 8.65. The molecule has 36 heavy (non-hydrogen) atoms. The molecule has 184 valence electrons. The molecule has 1 aliphatic rings. The number of aryl methyl sites for hydroxylation is 1. The lowest BCUT2D eigenvalue weighted by atomic mass is 9.96. The minimum Gasteiger partial charge on any atom is -0.340 e. The molecule has 0 N–H and O–H groups in total. The first kappa shape index (κ1) is 23.7. The Hall–Kier alpha value is -3.98. The molecule has 0 bridgehead atoms. The quantitative estimate of drug-likeness (QED) is 0.386. The van der Waals surface area contributed by atoms with E-state index >= 15 is 0 Å². The van der Waals surface area contributed by atoms with E-state index in [0.717, 1.165) is 11.1 Å². The first-order valence-corrected chi connectivity index (χ1v) is 11.8. The Kier molecular flexibility index (Phi) is 7.08. The van der Waals surface area contributed by atoms with Crippen LogP contribution in [-0.2, 0) is 11.2 Å². The van der Waals surface area contributed by atoms with Crippen LogP contribution in [0.4, 0.5) is 8.78 Å². The minimum atomic E-state index is -0.305. The highest BCUT2D eigenvalue weighted by atomic mass is 19.1. The van der Waals surface area contributed by atoms with Gasteiger partial charge in [-0.3, -0.25) is 14.7 Å². The predicted octanol–water partition coefficient (Wildman–Crippen LogP) is 4.28. The molecule has 1 saturated heterocycles. The number of hydrogen-bond acceptors (Lipinski definition) is 6. The molecule has 1 amide bonds. The molecule has 2 aromatic carbocycles. The third-order valence-electron chi connectivity index (χ3n) is 6.32. The molecule has 0 spiro atoms. The molecule has 0 unspecified atom stereocenters. The average molecular weight is 490 g/mol. The number of halogens is 2. The Morgan fingerprint density at radius 3 is 2.11 bits per heavy atom. The maximum absolute atomic E-state index is 13.5. The highest BCUT2D eigenvalue weighted by Crippen LogP contribution is 2.30. The van der Waals surface area contributed by atoms with Gasteiger partial charge in [0, 0.05) is 45.2 Å². The second-order valence-electron chi connectivity index (χ2n) is 8.65. The molecule has 0 atom stereocenters. The van der Waals surface area contributed by atoms with Gasteiger partial charge >= 0.3 is 0 Å². The van der Waals surface area contributed by atoms with Crippen LogP contribution in [0, 0.1) is 11.6 Å². The molecule has 3 heterocycles. The number of pyridine rings is 1. The van der Waals surface area contributed by atoms with Crippen molar-refractivity contribution in [1.29, 1.82) is 0 Å². The first-order valence-electron chi connectivity index (χ1n) is 11.8. The van der Waals surface area contributed by atoms with Crippen molar-refractivity contribution >= 4 is 5.91 Å². The topological polar surface area (TPSA) is 75.4 Å². The van der Waals surface area contributed by atoms with Crippen molar-refractivity contribution in [3.05, 3.63) is 102 Å². The third-order valence-corrected chi connectivity index (χ3v) is 6.32. The zero-order valence-corrected chi connectivity index (χ0v) is 19.6. The fraction of sp³-hybridized carbons (Fsp3) is 0.259. The van der Waals surface area contributed by atoms with Crippen LogP contribution in [0.2, 0.25) is 0 Å². The van der Waals surface area contributed by atoms with Crippen LogP contribution in [0.5, 0.6) is 0 Å². The fourth-order valence-electron chi connectivity index (χ4n) is 4.46. The summed E-state index contributed by atoms with van der Waals surface area (Å²) < 4.78 is 32.4. The van der Waals surface area contributed by atoms with Gasteiger partial charge in [-0.25, -0.2) is 8.78 Å². The summed E-state index contributed by atoms with van der Waals surface area (Å²) in [6.07, 6.45) is 2.28. The summed E-state index contributed by atoms with van der Waals surface area (Å²) in [5, 5.41) is 3.95. The van der Waals surface area contributed by atoms with E-state index in [1.165, 1.54) is 24.3 Å². The number of rotatable bonds is 7. The molecule has 1 fully saturated rings. The van der Waals surface area contributed by atoms with Gasteiger partial charge in [0.2, 0.25) is 17.6 Å². The van der Waals surface area contributed by atoms with Crippen molar-refractivity contribution in [2.45, 2.75) is 18.9 Å². The molecule has 0 radical (unpaired) electrons. The molecule has 5 rings (SSSR count). The van der Waals surface area contributed by atoms with E-state index in [-0.39, 0.29) is 30.0 Å². The summed E-state index contributed by atoms with van der Waals surface area (Å²) in [5.41, 5.74) is 2.46. The van der Waals surface area contributed by atoms with Crippen molar-refractivity contribution in [2.24, 2.45) is 0 Å². The normalized spacial score (nSPS) is 14.4. The van der Waals surface area contributed by atoms with Gasteiger partial charge in [-0.2, -0.15) is 4.98 Å². The summed E-state index contributed by atoms with van der Waals surface area (Å²) in [6, 6.07) is 18.0. The lowest BCUT2D eigenvalue weighted by Crippen LogP contribution is -2.49. The van der Waals surface area contributed by atoms with Gasteiger partial charge in [-0.05, 0) is 47.5 Å². The van der Waals surface area contributed by atoms with Gasteiger partial charge in [-0.1, -0.05) is 35.5 Å². The highest BCUT2D eigenvalue weighted by molar-refractivity contribution is 5.76. The van der Waals surface area contributed by atoms with Crippen molar-refractivity contribution < 1.29 is 18.1 Å². The molecule has 0 aliphatic carbocycles. The molecule has 2 aromatic heterocycles. The number of carbonyl (C=O) groups excluding carboxylic acids is 1. The predicted molar refractivity (Wildman–Crippen MR) is 129 cm³/mol. The molecule has 9 heteroatoms. The van der Waals surface area contributed by atoms with Gasteiger partial charge in [0.05, 0.1) is 6.04 Å². The van der Waals surface area contributed by atoms with E-state index in [1.54, 1.807) is 36.5 Å². The van der Waals surface area contributed by atoms with E-state index in [9.17, 15) is 13.6 Å². The van der Waals surface area contributed by atoms with Crippen molar-refractivity contribution in [1.82, 2.24) is 24.9 Å². The van der Waals surface area contributed by atoms with Gasteiger partial charge in [-0.15, -0.1) is 0 Å². The molecule has 7 nitrogen and oxygen atoms in total. The molecule has 0 saturated carbocycles. The van der Waals surface area contributed by atoms with Crippen LogP contribution < -0.4 is 0 Å². The van der Waals surface area contributed by atoms with Gasteiger partial charge < -0.3 is 9.42 Å². The molecule has 1 aliphatic heterocycles. The first-order chi connectivity index (χ1) is 17.6. The molecular formula is C27H25F2N5O2. The smallest absolute Gasteiger partial charge is 0.227 e. The Labute approximate surface area is 207 Å². The van der Waals surface area contributed by atoms with E-state index in [1.807, 2.05) is 17.0 Å². The zero-order valence-electron chi connectivity index (χ0n) is 19.6. The maximum Gasteiger partial charge on any atom is 0.227 e. The number of nitrogens with zero attached hydrogens (tertiary/aromatic N) is 5. The van der Waals surface area contributed by atoms with Crippen LogP contribution in [0.15, 0.2) is 77.4 Å². The lowest BCUT2D eigenvalue weighted by molar-refractivity contribution is -0.133. The summed E-state index contributed by atoms with van der Waals surface area (Å²) >= 11 is 0. The van der Waals surface area contributed by atoms with Crippen molar-refractivity contribution in [2.75, 3.05) is 26.2 Å².